The summed E-state index contributed by atoms with van der Waals surface area (Å²) in [4.78, 5) is 30.0. The number of rotatable bonds is 9. The van der Waals surface area contributed by atoms with Crippen molar-refractivity contribution in [3.05, 3.63) is 64.7 Å². The lowest BCUT2D eigenvalue weighted by Crippen LogP contribution is -2.56. The van der Waals surface area contributed by atoms with Gasteiger partial charge in [0.25, 0.3) is 0 Å². The molecule has 10 heteroatoms. The highest BCUT2D eigenvalue weighted by molar-refractivity contribution is 7.92. The number of likely N-dealkylation sites (tertiary alicyclic amines) is 2. The van der Waals surface area contributed by atoms with E-state index in [1.54, 1.807) is 21.3 Å². The molecule has 2 aromatic rings. The number of carbonyl (C=O) groups is 2. The summed E-state index contributed by atoms with van der Waals surface area (Å²) in [6, 6.07) is 14.3. The number of carbonyl (C=O) groups excluding carboxylic acids is 2. The van der Waals surface area contributed by atoms with Crippen molar-refractivity contribution >= 4 is 39.2 Å². The molecule has 8 nitrogen and oxygen atoms in total. The number of halogens is 1. The molecular formula is C29H37ClN4O4S. The molecule has 39 heavy (non-hydrogen) atoms. The Hall–Kier alpha value is -2.78. The maximum atomic E-state index is 13.7. The fraction of sp³-hybridized carbons (Fsp3) is 0.517. The van der Waals surface area contributed by atoms with Crippen LogP contribution in [0.1, 0.15) is 49.1 Å². The highest BCUT2D eigenvalue weighted by Crippen LogP contribution is 2.38. The molecule has 2 saturated heterocycles. The van der Waals surface area contributed by atoms with Gasteiger partial charge in [-0.2, -0.15) is 0 Å². The van der Waals surface area contributed by atoms with Crippen LogP contribution in [-0.2, 0) is 21.2 Å². The van der Waals surface area contributed by atoms with Gasteiger partial charge in [-0.3, -0.25) is 9.10 Å². The summed E-state index contributed by atoms with van der Waals surface area (Å²) in [6.07, 6.45) is 6.26. The summed E-state index contributed by atoms with van der Waals surface area (Å²) in [5.41, 5.74) is 2.72. The monoisotopic (exact) mass is 572 g/mol. The molecule has 2 heterocycles. The Morgan fingerprint density at radius 2 is 1.64 bits per heavy atom. The van der Waals surface area contributed by atoms with Crippen molar-refractivity contribution in [3.63, 3.8) is 0 Å². The Balaban J connectivity index is 1.28. The van der Waals surface area contributed by atoms with Gasteiger partial charge < -0.3 is 15.1 Å². The summed E-state index contributed by atoms with van der Waals surface area (Å²) in [7, 11) is -3.40. The number of para-hydroxylation sites is 1. The Labute approximate surface area is 236 Å². The number of hydrogen-bond donors (Lipinski definition) is 1. The van der Waals surface area contributed by atoms with Crippen molar-refractivity contribution in [1.29, 1.82) is 0 Å². The lowest BCUT2D eigenvalue weighted by atomic mass is 9.88. The number of nitrogens with one attached hydrogen (secondary N) is 1. The maximum Gasteiger partial charge on any atom is 0.318 e. The lowest BCUT2D eigenvalue weighted by Gasteiger charge is -2.37. The minimum Gasteiger partial charge on any atom is -0.341 e. The third-order valence-corrected chi connectivity index (χ3v) is 9.46. The molecule has 3 aliphatic rings. The normalized spacial score (nSPS) is 18.8. The molecule has 0 bridgehead atoms. The zero-order valence-corrected chi connectivity index (χ0v) is 24.0. The first-order valence-corrected chi connectivity index (χ1v) is 16.1. The fourth-order valence-electron chi connectivity index (χ4n) is 5.45. The van der Waals surface area contributed by atoms with E-state index in [0.29, 0.717) is 50.1 Å². The van der Waals surface area contributed by atoms with E-state index in [1.807, 2.05) is 41.3 Å². The van der Waals surface area contributed by atoms with Crippen LogP contribution in [0.2, 0.25) is 5.02 Å². The maximum absolute atomic E-state index is 13.7. The second kappa shape index (κ2) is 11.8. The van der Waals surface area contributed by atoms with Crippen LogP contribution >= 0.6 is 11.6 Å². The number of piperidine rings is 1. The first-order chi connectivity index (χ1) is 18.7. The second-order valence-electron chi connectivity index (χ2n) is 11.1. The average Bonchev–Trinajstić information content (AvgIpc) is 3.71. The molecule has 1 saturated carbocycles. The van der Waals surface area contributed by atoms with Crippen molar-refractivity contribution in [3.8, 4) is 0 Å². The number of hydrogen-bond acceptors (Lipinski definition) is 4. The van der Waals surface area contributed by atoms with Crippen LogP contribution in [0.4, 0.5) is 10.5 Å². The van der Waals surface area contributed by atoms with Crippen LogP contribution in [0.15, 0.2) is 48.5 Å². The molecule has 0 radical (unpaired) electrons. The molecule has 0 spiro atoms. The summed E-state index contributed by atoms with van der Waals surface area (Å²) >= 11 is 6.04. The van der Waals surface area contributed by atoms with Gasteiger partial charge in [-0.25, -0.2) is 13.2 Å². The Bertz CT molecular complexity index is 1290. The number of sulfonamides is 1. The third-order valence-electron chi connectivity index (χ3n) is 8.07. The van der Waals surface area contributed by atoms with E-state index in [4.69, 9.17) is 11.6 Å². The van der Waals surface area contributed by atoms with E-state index >= 15 is 0 Å². The minimum absolute atomic E-state index is 0.0861. The van der Waals surface area contributed by atoms with Crippen LogP contribution in [0.3, 0.4) is 0 Å². The van der Waals surface area contributed by atoms with Gasteiger partial charge in [0.05, 0.1) is 11.9 Å². The third kappa shape index (κ3) is 6.87. The molecule has 1 unspecified atom stereocenters. The van der Waals surface area contributed by atoms with E-state index in [-0.39, 0.29) is 17.9 Å². The molecule has 1 N–H and O–H groups in total. The molecule has 2 aliphatic heterocycles. The molecule has 5 rings (SSSR count). The molecule has 0 aromatic heterocycles. The Morgan fingerprint density at radius 3 is 2.23 bits per heavy atom. The van der Waals surface area contributed by atoms with Crippen LogP contribution in [0.25, 0.3) is 0 Å². The Kier molecular flexibility index (Phi) is 8.38. The zero-order valence-electron chi connectivity index (χ0n) is 22.4. The minimum atomic E-state index is -3.40. The predicted octanol–water partition coefficient (Wildman–Crippen LogP) is 4.25. The van der Waals surface area contributed by atoms with E-state index in [9.17, 15) is 18.0 Å². The highest BCUT2D eigenvalue weighted by atomic mass is 35.5. The lowest BCUT2D eigenvalue weighted by molar-refractivity contribution is -0.134. The van der Waals surface area contributed by atoms with Gasteiger partial charge in [0.2, 0.25) is 15.9 Å². The van der Waals surface area contributed by atoms with Gasteiger partial charge in [0, 0.05) is 44.2 Å². The summed E-state index contributed by atoms with van der Waals surface area (Å²) in [6.45, 7) is 3.05. The summed E-state index contributed by atoms with van der Waals surface area (Å²) in [5.74, 6) is 0.493. The van der Waals surface area contributed by atoms with Crippen LogP contribution in [0, 0.1) is 5.92 Å². The first-order valence-electron chi connectivity index (χ1n) is 13.8. The largest absolute Gasteiger partial charge is 0.341 e. The van der Waals surface area contributed by atoms with Gasteiger partial charge in [0.15, 0.2) is 0 Å². The molecular weight excluding hydrogens is 536 g/mol. The molecule has 1 atom stereocenters. The van der Waals surface area contributed by atoms with Gasteiger partial charge in [0.1, 0.15) is 6.04 Å². The van der Waals surface area contributed by atoms with Crippen molar-refractivity contribution in [2.75, 3.05) is 43.3 Å². The van der Waals surface area contributed by atoms with Gasteiger partial charge in [-0.15, -0.1) is 0 Å². The fourth-order valence-corrected chi connectivity index (χ4v) is 6.59. The van der Waals surface area contributed by atoms with Crippen molar-refractivity contribution < 1.29 is 18.0 Å². The van der Waals surface area contributed by atoms with Crippen molar-refractivity contribution in [1.82, 2.24) is 15.1 Å². The van der Waals surface area contributed by atoms with Crippen LogP contribution in [0.5, 0.6) is 0 Å². The quantitative estimate of drug-likeness (QED) is 0.486. The SMILES string of the molecule is CS(=O)(=O)N(CC1CC1)c1ccccc1C1CCN(C(=O)C(Cc2ccc(Cl)cc2)NC(=O)N2CCC2)CC1. The number of urea groups is 1. The average molecular weight is 573 g/mol. The van der Waals surface area contributed by atoms with E-state index in [2.05, 4.69) is 5.32 Å². The van der Waals surface area contributed by atoms with Crippen LogP contribution < -0.4 is 9.62 Å². The Morgan fingerprint density at radius 1 is 0.974 bits per heavy atom. The number of nitrogens with zero attached hydrogens (tertiary/aromatic N) is 3. The molecule has 2 aromatic carbocycles. The van der Waals surface area contributed by atoms with Gasteiger partial charge >= 0.3 is 6.03 Å². The van der Waals surface area contributed by atoms with Crippen molar-refractivity contribution in [2.24, 2.45) is 5.92 Å². The van der Waals surface area contributed by atoms with Gasteiger partial charge in [-0.1, -0.05) is 41.9 Å². The second-order valence-corrected chi connectivity index (χ2v) is 13.4. The summed E-state index contributed by atoms with van der Waals surface area (Å²) < 4.78 is 27.0. The van der Waals surface area contributed by atoms with E-state index in [0.717, 1.165) is 48.9 Å². The van der Waals surface area contributed by atoms with Crippen molar-refractivity contribution in [2.45, 2.75) is 50.5 Å². The molecule has 3 fully saturated rings. The van der Waals surface area contributed by atoms with Gasteiger partial charge in [-0.05, 0) is 73.3 Å². The first kappa shape index (κ1) is 27.8. The molecule has 3 amide bonds. The standard InChI is InChI=1S/C29H37ClN4O4S/c1-39(37,38)34(20-22-7-8-22)27-6-3-2-5-25(27)23-13-17-32(18-14-23)28(35)26(31-29(36)33-15-4-16-33)19-21-9-11-24(30)12-10-21/h2-3,5-6,9-12,22-23,26H,4,7-8,13-20H2,1H3,(H,31,36). The highest BCUT2D eigenvalue weighted by Gasteiger charge is 2.34. The molecule has 210 valence electrons. The zero-order chi connectivity index (χ0) is 27.6. The van der Waals surface area contributed by atoms with Crippen LogP contribution in [-0.4, -0.2) is 75.2 Å². The smallest absolute Gasteiger partial charge is 0.318 e. The summed E-state index contributed by atoms with van der Waals surface area (Å²) in [5, 5.41) is 3.60. The van der Waals surface area contributed by atoms with E-state index < -0.39 is 16.1 Å². The number of anilines is 1. The predicted molar refractivity (Wildman–Crippen MR) is 154 cm³/mol. The molecule has 1 aliphatic carbocycles. The van der Waals surface area contributed by atoms with E-state index in [1.165, 1.54) is 6.26 Å². The topological polar surface area (TPSA) is 90.0 Å². The number of benzene rings is 2. The number of amides is 3.